The zero-order valence-electron chi connectivity index (χ0n) is 23.2. The fourth-order valence-electron chi connectivity index (χ4n) is 5.24. The van der Waals surface area contributed by atoms with E-state index in [1.54, 1.807) is 28.7 Å². The SMILES string of the molecule is C=C(CCC(C)CC)Cc1ccccc1N1C(=C)c2cc(F)ccc2N(C)C1c1ccc(-c2csc(C)n2)s1. The van der Waals surface area contributed by atoms with Crippen molar-refractivity contribution in [1.29, 1.82) is 0 Å². The number of fused-ring (bicyclic) bond motifs is 1. The average molecular weight is 558 g/mol. The highest BCUT2D eigenvalue weighted by Gasteiger charge is 2.36. The number of thiophene rings is 1. The molecule has 3 heterocycles. The maximum atomic E-state index is 14.5. The molecule has 5 rings (SSSR count). The summed E-state index contributed by atoms with van der Waals surface area (Å²) in [7, 11) is 2.08. The van der Waals surface area contributed by atoms with Crippen LogP contribution in [0, 0.1) is 18.7 Å². The van der Waals surface area contributed by atoms with Crippen LogP contribution in [0.25, 0.3) is 16.3 Å². The summed E-state index contributed by atoms with van der Waals surface area (Å²) in [6.07, 6.45) is 4.02. The van der Waals surface area contributed by atoms with Crippen LogP contribution >= 0.6 is 22.7 Å². The highest BCUT2D eigenvalue weighted by atomic mass is 32.1. The highest BCUT2D eigenvalue weighted by molar-refractivity contribution is 7.16. The van der Waals surface area contributed by atoms with Crippen molar-refractivity contribution >= 4 is 39.7 Å². The van der Waals surface area contributed by atoms with Gasteiger partial charge in [-0.05, 0) is 74.1 Å². The lowest BCUT2D eigenvalue weighted by Gasteiger charge is -2.46. The first kappa shape index (κ1) is 27.4. The Balaban J connectivity index is 1.57. The molecule has 1 aliphatic rings. The number of aromatic nitrogens is 1. The van der Waals surface area contributed by atoms with E-state index in [-0.39, 0.29) is 12.0 Å². The van der Waals surface area contributed by atoms with Gasteiger partial charge in [-0.1, -0.05) is 57.2 Å². The third-order valence-corrected chi connectivity index (χ3v) is 9.60. The number of hydrogen-bond acceptors (Lipinski definition) is 5. The van der Waals surface area contributed by atoms with E-state index in [1.165, 1.54) is 28.5 Å². The van der Waals surface area contributed by atoms with Crippen molar-refractivity contribution in [2.45, 2.75) is 52.6 Å². The van der Waals surface area contributed by atoms with Gasteiger partial charge in [-0.25, -0.2) is 9.37 Å². The Morgan fingerprint density at radius 3 is 2.67 bits per heavy atom. The van der Waals surface area contributed by atoms with Crippen LogP contribution in [0.3, 0.4) is 0 Å². The van der Waals surface area contributed by atoms with Crippen LogP contribution in [-0.4, -0.2) is 12.0 Å². The Labute approximate surface area is 240 Å². The molecular formula is C33H36FN3S2. The van der Waals surface area contributed by atoms with Crippen molar-refractivity contribution < 1.29 is 4.39 Å². The summed E-state index contributed by atoms with van der Waals surface area (Å²) in [6.45, 7) is 15.5. The highest BCUT2D eigenvalue weighted by Crippen LogP contribution is 2.48. The van der Waals surface area contributed by atoms with Gasteiger partial charge >= 0.3 is 0 Å². The normalized spacial score (nSPS) is 15.9. The van der Waals surface area contributed by atoms with E-state index >= 15 is 0 Å². The van der Waals surface area contributed by atoms with E-state index in [2.05, 4.69) is 85.6 Å². The Kier molecular flexibility index (Phi) is 8.06. The molecule has 4 aromatic rings. The monoisotopic (exact) mass is 557 g/mol. The number of nitrogens with zero attached hydrogens (tertiary/aromatic N) is 3. The zero-order chi connectivity index (χ0) is 27.7. The second-order valence-corrected chi connectivity index (χ2v) is 12.7. The standard InChI is InChI=1S/C33H36FN3S2/c1-7-21(2)12-13-22(3)18-25-10-8-9-11-29(25)37-23(4)27-19-26(34)14-15-30(27)36(6)33(37)32-17-16-31(39-32)28-20-38-24(5)35-28/h8-11,14-17,19-21,33H,3-4,7,12-13,18H2,1-2,5-6H3. The van der Waals surface area contributed by atoms with Gasteiger partial charge in [0.2, 0.25) is 0 Å². The molecule has 2 aromatic heterocycles. The lowest BCUT2D eigenvalue weighted by atomic mass is 9.94. The molecule has 39 heavy (non-hydrogen) atoms. The maximum absolute atomic E-state index is 14.5. The fraction of sp³-hybridized carbons (Fsp3) is 0.303. The van der Waals surface area contributed by atoms with Crippen molar-refractivity contribution in [3.05, 3.63) is 106 Å². The maximum Gasteiger partial charge on any atom is 0.142 e. The van der Waals surface area contributed by atoms with Gasteiger partial charge < -0.3 is 9.80 Å². The fourth-order valence-corrected chi connectivity index (χ4v) is 7.03. The third-order valence-electron chi connectivity index (χ3n) is 7.68. The number of allylic oxidation sites excluding steroid dienone is 1. The molecule has 2 atom stereocenters. The van der Waals surface area contributed by atoms with Gasteiger partial charge in [-0.3, -0.25) is 0 Å². The molecule has 0 saturated carbocycles. The molecule has 0 N–H and O–H groups in total. The smallest absolute Gasteiger partial charge is 0.142 e. The molecule has 0 amide bonds. The lowest BCUT2D eigenvalue weighted by molar-refractivity contribution is 0.513. The minimum Gasteiger partial charge on any atom is -0.349 e. The molecule has 202 valence electrons. The largest absolute Gasteiger partial charge is 0.349 e. The minimum absolute atomic E-state index is 0.136. The topological polar surface area (TPSA) is 19.4 Å². The molecule has 0 fully saturated rings. The Hall–Kier alpha value is -3.22. The molecule has 0 aliphatic carbocycles. The number of aryl methyl sites for hydroxylation is 1. The zero-order valence-corrected chi connectivity index (χ0v) is 24.8. The van der Waals surface area contributed by atoms with Gasteiger partial charge in [-0.2, -0.15) is 0 Å². The minimum atomic E-state index is -0.259. The number of anilines is 2. The van der Waals surface area contributed by atoms with Crippen LogP contribution in [-0.2, 0) is 6.42 Å². The first-order valence-corrected chi connectivity index (χ1v) is 15.2. The second kappa shape index (κ2) is 11.5. The van der Waals surface area contributed by atoms with Crippen molar-refractivity contribution in [3.8, 4) is 10.6 Å². The molecule has 2 unspecified atom stereocenters. The summed E-state index contributed by atoms with van der Waals surface area (Å²) in [4.78, 5) is 11.6. The van der Waals surface area contributed by atoms with E-state index in [1.807, 2.05) is 13.0 Å². The van der Waals surface area contributed by atoms with Crippen LogP contribution in [0.4, 0.5) is 15.8 Å². The lowest BCUT2D eigenvalue weighted by Crippen LogP contribution is -2.43. The summed E-state index contributed by atoms with van der Waals surface area (Å²) in [5, 5.41) is 3.17. The van der Waals surface area contributed by atoms with E-state index in [0.717, 1.165) is 57.5 Å². The van der Waals surface area contributed by atoms with Gasteiger partial charge in [0.25, 0.3) is 0 Å². The average Bonchev–Trinajstić information content (AvgIpc) is 3.59. The Morgan fingerprint density at radius 2 is 1.92 bits per heavy atom. The van der Waals surface area contributed by atoms with Crippen LogP contribution in [0.1, 0.15) is 60.3 Å². The molecule has 6 heteroatoms. The molecule has 0 spiro atoms. The second-order valence-electron chi connectivity index (χ2n) is 10.5. The molecule has 0 radical (unpaired) electrons. The summed E-state index contributed by atoms with van der Waals surface area (Å²) in [5.74, 6) is 0.434. The quantitative estimate of drug-likeness (QED) is 0.191. The van der Waals surface area contributed by atoms with Crippen molar-refractivity contribution in [1.82, 2.24) is 4.98 Å². The predicted molar refractivity (Wildman–Crippen MR) is 167 cm³/mol. The number of halogens is 1. The van der Waals surface area contributed by atoms with Gasteiger partial charge in [0, 0.05) is 39.9 Å². The molecule has 2 aromatic carbocycles. The van der Waals surface area contributed by atoms with E-state index in [0.29, 0.717) is 5.92 Å². The predicted octanol–water partition coefficient (Wildman–Crippen LogP) is 9.87. The van der Waals surface area contributed by atoms with Gasteiger partial charge in [0.1, 0.15) is 12.0 Å². The summed E-state index contributed by atoms with van der Waals surface area (Å²) in [5.41, 5.74) is 7.11. The first-order valence-electron chi connectivity index (χ1n) is 13.5. The van der Waals surface area contributed by atoms with Crippen molar-refractivity contribution in [3.63, 3.8) is 0 Å². The summed E-state index contributed by atoms with van der Waals surface area (Å²) < 4.78 is 14.5. The third kappa shape index (κ3) is 5.59. The number of benzene rings is 2. The summed E-state index contributed by atoms with van der Waals surface area (Å²) >= 11 is 3.42. The van der Waals surface area contributed by atoms with E-state index < -0.39 is 0 Å². The van der Waals surface area contributed by atoms with Crippen LogP contribution in [0.5, 0.6) is 0 Å². The van der Waals surface area contributed by atoms with Crippen LogP contribution < -0.4 is 9.80 Å². The van der Waals surface area contributed by atoms with E-state index in [4.69, 9.17) is 4.98 Å². The number of para-hydroxylation sites is 1. The molecule has 3 nitrogen and oxygen atoms in total. The van der Waals surface area contributed by atoms with Crippen LogP contribution in [0.15, 0.2) is 78.7 Å². The van der Waals surface area contributed by atoms with Crippen molar-refractivity contribution in [2.24, 2.45) is 5.92 Å². The Bertz CT molecular complexity index is 1500. The molecule has 0 saturated heterocycles. The number of thiazole rings is 1. The summed E-state index contributed by atoms with van der Waals surface area (Å²) in [6, 6.07) is 17.9. The Morgan fingerprint density at radius 1 is 1.13 bits per heavy atom. The van der Waals surface area contributed by atoms with Gasteiger partial charge in [0.15, 0.2) is 0 Å². The molecule has 1 aliphatic heterocycles. The van der Waals surface area contributed by atoms with Gasteiger partial charge in [-0.15, -0.1) is 22.7 Å². The van der Waals surface area contributed by atoms with Crippen molar-refractivity contribution in [2.75, 3.05) is 16.8 Å². The van der Waals surface area contributed by atoms with Crippen LogP contribution in [0.2, 0.25) is 0 Å². The van der Waals surface area contributed by atoms with E-state index in [9.17, 15) is 4.39 Å². The molecular weight excluding hydrogens is 522 g/mol. The first-order chi connectivity index (χ1) is 18.8. The number of hydrogen-bond donors (Lipinski definition) is 0. The van der Waals surface area contributed by atoms with Gasteiger partial charge in [0.05, 0.1) is 15.6 Å². The number of rotatable bonds is 9. The molecule has 0 bridgehead atoms.